The summed E-state index contributed by atoms with van der Waals surface area (Å²) in [5, 5.41) is 12.3. The normalized spacial score (nSPS) is 31.0. The van der Waals surface area contributed by atoms with Crippen LogP contribution in [-0.4, -0.2) is 61.4 Å². The van der Waals surface area contributed by atoms with Crippen LogP contribution in [0.25, 0.3) is 0 Å². The molecule has 5 heteroatoms. The van der Waals surface area contributed by atoms with E-state index in [1.807, 2.05) is 0 Å². The third-order valence-corrected chi connectivity index (χ3v) is 4.64. The van der Waals surface area contributed by atoms with Gasteiger partial charge in [-0.05, 0) is 52.1 Å². The molecule has 2 aliphatic carbocycles. The van der Waals surface area contributed by atoms with Crippen LogP contribution in [0.2, 0.25) is 0 Å². The van der Waals surface area contributed by atoms with Gasteiger partial charge in [0.05, 0.1) is 6.61 Å². The van der Waals surface area contributed by atoms with Crippen LogP contribution in [0.15, 0.2) is 0 Å². The van der Waals surface area contributed by atoms with Crippen LogP contribution in [0.5, 0.6) is 0 Å². The molecule has 0 amide bonds. The van der Waals surface area contributed by atoms with E-state index in [0.29, 0.717) is 18.9 Å². The highest BCUT2D eigenvalue weighted by molar-refractivity contribution is 5.79. The fraction of sp³-hybridized carbons (Fsp3) is 0.929. The molecule has 2 saturated carbocycles. The van der Waals surface area contributed by atoms with Crippen molar-refractivity contribution in [2.45, 2.75) is 43.7 Å². The SMILES string of the molecule is CNC1(C(=O)O)CCC(N(C)CCOCC2CC2)C1. The number of carbonyl (C=O) groups is 1. The van der Waals surface area contributed by atoms with Crippen molar-refractivity contribution in [1.29, 1.82) is 0 Å². The van der Waals surface area contributed by atoms with E-state index in [0.717, 1.165) is 32.1 Å². The molecule has 5 nitrogen and oxygen atoms in total. The number of carboxylic acids is 1. The van der Waals surface area contributed by atoms with Crippen LogP contribution < -0.4 is 5.32 Å². The second-order valence-corrected chi connectivity index (χ2v) is 6.03. The first-order chi connectivity index (χ1) is 9.07. The molecule has 0 radical (unpaired) electrons. The van der Waals surface area contributed by atoms with Crippen molar-refractivity contribution in [3.63, 3.8) is 0 Å². The summed E-state index contributed by atoms with van der Waals surface area (Å²) >= 11 is 0. The van der Waals surface area contributed by atoms with Gasteiger partial charge in [0.15, 0.2) is 0 Å². The van der Waals surface area contributed by atoms with Crippen molar-refractivity contribution in [3.05, 3.63) is 0 Å². The van der Waals surface area contributed by atoms with Crippen molar-refractivity contribution < 1.29 is 14.6 Å². The lowest BCUT2D eigenvalue weighted by Crippen LogP contribution is -2.49. The van der Waals surface area contributed by atoms with Crippen molar-refractivity contribution in [1.82, 2.24) is 10.2 Å². The second-order valence-electron chi connectivity index (χ2n) is 6.03. The van der Waals surface area contributed by atoms with E-state index in [1.54, 1.807) is 7.05 Å². The number of ether oxygens (including phenoxy) is 1. The van der Waals surface area contributed by atoms with Crippen LogP contribution in [0.4, 0.5) is 0 Å². The average molecular weight is 270 g/mol. The van der Waals surface area contributed by atoms with Gasteiger partial charge in [-0.1, -0.05) is 0 Å². The summed E-state index contributed by atoms with van der Waals surface area (Å²) in [6.45, 7) is 2.54. The molecule has 2 aliphatic rings. The second kappa shape index (κ2) is 6.20. The minimum Gasteiger partial charge on any atom is -0.480 e. The van der Waals surface area contributed by atoms with E-state index in [9.17, 15) is 9.90 Å². The summed E-state index contributed by atoms with van der Waals surface area (Å²) in [4.78, 5) is 13.6. The minimum absolute atomic E-state index is 0.341. The van der Waals surface area contributed by atoms with Gasteiger partial charge in [-0.15, -0.1) is 0 Å². The molecule has 2 rings (SSSR count). The Kier molecular flexibility index (Phi) is 4.81. The highest BCUT2D eigenvalue weighted by atomic mass is 16.5. The van der Waals surface area contributed by atoms with Gasteiger partial charge in [0.25, 0.3) is 0 Å². The summed E-state index contributed by atoms with van der Waals surface area (Å²) in [6, 6.07) is 0.341. The highest BCUT2D eigenvalue weighted by Gasteiger charge is 2.45. The molecule has 0 bridgehead atoms. The lowest BCUT2D eigenvalue weighted by atomic mass is 9.98. The molecule has 19 heavy (non-hydrogen) atoms. The van der Waals surface area contributed by atoms with Gasteiger partial charge in [0.1, 0.15) is 5.54 Å². The number of hydrogen-bond acceptors (Lipinski definition) is 4. The molecule has 0 aromatic heterocycles. The minimum atomic E-state index is -0.728. The molecule has 110 valence electrons. The van der Waals surface area contributed by atoms with Crippen LogP contribution in [0.3, 0.4) is 0 Å². The molecule has 2 unspecified atom stereocenters. The molecule has 0 saturated heterocycles. The standard InChI is InChI=1S/C14H26N2O3/c1-15-14(13(17)18)6-5-12(9-14)16(2)7-8-19-10-11-3-4-11/h11-12,15H,3-10H2,1-2H3,(H,17,18). The first-order valence-corrected chi connectivity index (χ1v) is 7.28. The highest BCUT2D eigenvalue weighted by Crippen LogP contribution is 2.32. The fourth-order valence-corrected chi connectivity index (χ4v) is 2.85. The smallest absolute Gasteiger partial charge is 0.323 e. The Morgan fingerprint density at radius 1 is 1.47 bits per heavy atom. The quantitative estimate of drug-likeness (QED) is 0.643. The van der Waals surface area contributed by atoms with E-state index in [1.165, 1.54) is 12.8 Å². The zero-order valence-electron chi connectivity index (χ0n) is 12.0. The van der Waals surface area contributed by atoms with Gasteiger partial charge < -0.3 is 20.1 Å². The number of nitrogens with zero attached hydrogens (tertiary/aromatic N) is 1. The van der Waals surface area contributed by atoms with Crippen LogP contribution in [0.1, 0.15) is 32.1 Å². The molecule has 0 spiro atoms. The van der Waals surface area contributed by atoms with Crippen LogP contribution in [-0.2, 0) is 9.53 Å². The van der Waals surface area contributed by atoms with Gasteiger partial charge in [0.2, 0.25) is 0 Å². The Balaban J connectivity index is 1.70. The van der Waals surface area contributed by atoms with Gasteiger partial charge in [-0.3, -0.25) is 4.79 Å². The van der Waals surface area contributed by atoms with E-state index in [2.05, 4.69) is 17.3 Å². The number of aliphatic carboxylic acids is 1. The molecular formula is C14H26N2O3. The van der Waals surface area contributed by atoms with E-state index >= 15 is 0 Å². The zero-order chi connectivity index (χ0) is 13.9. The Labute approximate surface area is 115 Å². The van der Waals surface area contributed by atoms with Crippen LogP contribution >= 0.6 is 0 Å². The molecule has 0 aromatic carbocycles. The summed E-state index contributed by atoms with van der Waals surface area (Å²) in [5.74, 6) is 0.0802. The summed E-state index contributed by atoms with van der Waals surface area (Å²) in [7, 11) is 3.81. The summed E-state index contributed by atoms with van der Waals surface area (Å²) < 4.78 is 5.64. The average Bonchev–Trinajstić information content (AvgIpc) is 3.10. The maximum atomic E-state index is 11.4. The number of carboxylic acid groups (broad SMARTS) is 1. The van der Waals surface area contributed by atoms with E-state index in [4.69, 9.17) is 4.74 Å². The Morgan fingerprint density at radius 2 is 2.21 bits per heavy atom. The molecule has 0 heterocycles. The Hall–Kier alpha value is -0.650. The summed E-state index contributed by atoms with van der Waals surface area (Å²) in [6.07, 6.45) is 4.96. The topological polar surface area (TPSA) is 61.8 Å². The monoisotopic (exact) mass is 270 g/mol. The van der Waals surface area contributed by atoms with Crippen molar-refractivity contribution in [3.8, 4) is 0 Å². The van der Waals surface area contributed by atoms with Gasteiger partial charge in [-0.25, -0.2) is 0 Å². The molecule has 2 N–H and O–H groups in total. The van der Waals surface area contributed by atoms with Crippen molar-refractivity contribution >= 4 is 5.97 Å². The lowest BCUT2D eigenvalue weighted by Gasteiger charge is -2.27. The number of hydrogen-bond donors (Lipinski definition) is 2. The molecular weight excluding hydrogens is 244 g/mol. The predicted molar refractivity (Wildman–Crippen MR) is 73.2 cm³/mol. The van der Waals surface area contributed by atoms with E-state index in [-0.39, 0.29) is 0 Å². The third-order valence-electron chi connectivity index (χ3n) is 4.64. The Morgan fingerprint density at radius 3 is 2.74 bits per heavy atom. The zero-order valence-corrected chi connectivity index (χ0v) is 12.0. The molecule has 0 aromatic rings. The molecule has 2 fully saturated rings. The van der Waals surface area contributed by atoms with E-state index < -0.39 is 11.5 Å². The molecule has 2 atom stereocenters. The first kappa shape index (κ1) is 14.8. The third kappa shape index (κ3) is 3.68. The van der Waals surface area contributed by atoms with Gasteiger partial charge in [-0.2, -0.15) is 0 Å². The lowest BCUT2D eigenvalue weighted by molar-refractivity contribution is -0.144. The van der Waals surface area contributed by atoms with Gasteiger partial charge >= 0.3 is 5.97 Å². The van der Waals surface area contributed by atoms with Crippen molar-refractivity contribution in [2.75, 3.05) is 33.9 Å². The first-order valence-electron chi connectivity index (χ1n) is 7.28. The maximum absolute atomic E-state index is 11.4. The summed E-state index contributed by atoms with van der Waals surface area (Å²) in [5.41, 5.74) is -0.728. The number of rotatable bonds is 8. The van der Waals surface area contributed by atoms with Crippen LogP contribution in [0, 0.1) is 5.92 Å². The number of likely N-dealkylation sites (N-methyl/N-ethyl adjacent to an activating group) is 2. The molecule has 0 aliphatic heterocycles. The van der Waals surface area contributed by atoms with Gasteiger partial charge in [0, 0.05) is 19.2 Å². The Bertz CT molecular complexity index is 320. The maximum Gasteiger partial charge on any atom is 0.323 e. The van der Waals surface area contributed by atoms with Crippen molar-refractivity contribution in [2.24, 2.45) is 5.92 Å². The predicted octanol–water partition coefficient (Wildman–Crippen LogP) is 0.940. The largest absolute Gasteiger partial charge is 0.480 e. The fourth-order valence-electron chi connectivity index (χ4n) is 2.85. The number of nitrogens with one attached hydrogen (secondary N) is 1.